The molecular weight excluding hydrogens is 280 g/mol. The van der Waals surface area contributed by atoms with Crippen molar-refractivity contribution in [3.05, 3.63) is 29.8 Å². The zero-order chi connectivity index (χ0) is 14.8. The number of nitrogens with one attached hydrogen (secondary N) is 1. The van der Waals surface area contributed by atoms with E-state index in [1.165, 1.54) is 0 Å². The van der Waals surface area contributed by atoms with Gasteiger partial charge in [0.15, 0.2) is 0 Å². The lowest BCUT2D eigenvalue weighted by Crippen LogP contribution is -2.43. The van der Waals surface area contributed by atoms with Gasteiger partial charge in [-0.05, 0) is 12.5 Å². The van der Waals surface area contributed by atoms with Crippen molar-refractivity contribution in [2.45, 2.75) is 18.5 Å². The molecule has 1 heterocycles. The lowest BCUT2D eigenvalue weighted by atomic mass is 10.1. The second kappa shape index (κ2) is 5.80. The van der Waals surface area contributed by atoms with E-state index in [1.807, 2.05) is 24.3 Å². The number of para-hydroxylation sites is 1. The summed E-state index contributed by atoms with van der Waals surface area (Å²) in [4.78, 5) is 11.9. The fourth-order valence-corrected chi connectivity index (χ4v) is 2.72. The van der Waals surface area contributed by atoms with Crippen LogP contribution in [0.1, 0.15) is 18.0 Å². The second-order valence-corrected chi connectivity index (χ2v) is 7.19. The number of rotatable bonds is 5. The van der Waals surface area contributed by atoms with Crippen LogP contribution in [0.4, 0.5) is 0 Å². The summed E-state index contributed by atoms with van der Waals surface area (Å²) in [5, 5.41) is 2.79. The van der Waals surface area contributed by atoms with Crippen LogP contribution in [0.2, 0.25) is 0 Å². The third kappa shape index (κ3) is 3.71. The molecular formula is C13H18N2O4S. The van der Waals surface area contributed by atoms with Crippen molar-refractivity contribution in [2.24, 2.45) is 5.73 Å². The van der Waals surface area contributed by atoms with Gasteiger partial charge in [0.1, 0.15) is 22.2 Å². The van der Waals surface area contributed by atoms with Gasteiger partial charge in [0.25, 0.3) is 0 Å². The van der Waals surface area contributed by atoms with Crippen molar-refractivity contribution >= 4 is 15.7 Å². The molecule has 0 saturated carbocycles. The number of carbonyl (C=O) groups excluding carboxylic acids is 1. The lowest BCUT2D eigenvalue weighted by molar-refractivity contribution is -0.123. The van der Waals surface area contributed by atoms with Crippen molar-refractivity contribution in [3.63, 3.8) is 0 Å². The maximum Gasteiger partial charge on any atom is 0.237 e. The van der Waals surface area contributed by atoms with Gasteiger partial charge in [0.2, 0.25) is 5.91 Å². The molecule has 1 aliphatic rings. The number of sulfone groups is 1. The molecule has 2 atom stereocenters. The second-order valence-electron chi connectivity index (χ2n) is 4.94. The maximum atomic E-state index is 11.9. The van der Waals surface area contributed by atoms with Crippen LogP contribution in [0.5, 0.6) is 5.75 Å². The molecule has 0 radical (unpaired) electrons. The van der Waals surface area contributed by atoms with E-state index in [0.29, 0.717) is 6.61 Å². The van der Waals surface area contributed by atoms with Gasteiger partial charge in [-0.3, -0.25) is 4.79 Å². The third-order valence-corrected chi connectivity index (χ3v) is 4.13. The van der Waals surface area contributed by atoms with Crippen LogP contribution in [0, 0.1) is 0 Å². The molecule has 1 aliphatic heterocycles. The number of fused-ring (bicyclic) bond motifs is 1. The normalized spacial score (nSPS) is 19.0. The summed E-state index contributed by atoms with van der Waals surface area (Å²) in [5.41, 5.74) is 6.62. The highest BCUT2D eigenvalue weighted by Gasteiger charge is 2.27. The van der Waals surface area contributed by atoms with Gasteiger partial charge in [-0.2, -0.15) is 0 Å². The molecule has 1 aromatic rings. The Balaban J connectivity index is 1.92. The minimum atomic E-state index is -3.11. The molecule has 1 amide bonds. The van der Waals surface area contributed by atoms with Crippen LogP contribution in [-0.2, 0) is 14.6 Å². The molecule has 0 spiro atoms. The number of hydrogen-bond acceptors (Lipinski definition) is 5. The van der Waals surface area contributed by atoms with Gasteiger partial charge in [-0.1, -0.05) is 18.2 Å². The van der Waals surface area contributed by atoms with E-state index in [-0.39, 0.29) is 24.1 Å². The SMILES string of the molecule is CS(=O)(=O)CCC(N)C(=O)NC1COc2ccccc21. The first-order valence-corrected chi connectivity index (χ1v) is 8.38. The molecule has 7 heteroatoms. The first-order valence-electron chi connectivity index (χ1n) is 6.32. The van der Waals surface area contributed by atoms with E-state index >= 15 is 0 Å². The predicted octanol–water partition coefficient (Wildman–Crippen LogP) is -0.00170. The molecule has 0 bridgehead atoms. The standard InChI is InChI=1S/C13H18N2O4S/c1-20(17,18)7-6-10(14)13(16)15-11-8-19-12-5-3-2-4-9(11)12/h2-5,10-11H,6-8,14H2,1H3,(H,15,16). The minimum absolute atomic E-state index is 0.0979. The number of carbonyl (C=O) groups is 1. The number of benzene rings is 1. The molecule has 0 aliphatic carbocycles. The summed E-state index contributed by atoms with van der Waals surface area (Å²) in [6.45, 7) is 0.365. The van der Waals surface area contributed by atoms with Gasteiger partial charge >= 0.3 is 0 Å². The van der Waals surface area contributed by atoms with Crippen LogP contribution in [0.3, 0.4) is 0 Å². The summed E-state index contributed by atoms with van der Waals surface area (Å²) < 4.78 is 27.6. The van der Waals surface area contributed by atoms with Crippen LogP contribution in [0.15, 0.2) is 24.3 Å². The van der Waals surface area contributed by atoms with Crippen molar-refractivity contribution < 1.29 is 17.9 Å². The Hall–Kier alpha value is -1.60. The topological polar surface area (TPSA) is 98.5 Å². The fourth-order valence-electron chi connectivity index (χ4n) is 2.03. The van der Waals surface area contributed by atoms with Crippen LogP contribution >= 0.6 is 0 Å². The van der Waals surface area contributed by atoms with Crippen LogP contribution in [-0.4, -0.2) is 39.0 Å². The molecule has 110 valence electrons. The predicted molar refractivity (Wildman–Crippen MR) is 75.1 cm³/mol. The van der Waals surface area contributed by atoms with Crippen LogP contribution < -0.4 is 15.8 Å². The summed E-state index contributed by atoms with van der Waals surface area (Å²) in [7, 11) is -3.11. The highest BCUT2D eigenvalue weighted by atomic mass is 32.2. The summed E-state index contributed by atoms with van der Waals surface area (Å²) in [5.74, 6) is 0.292. The smallest absolute Gasteiger partial charge is 0.237 e. The van der Waals surface area contributed by atoms with E-state index in [1.54, 1.807) is 0 Å². The lowest BCUT2D eigenvalue weighted by Gasteiger charge is -2.16. The number of hydrogen-bond donors (Lipinski definition) is 2. The first kappa shape index (κ1) is 14.8. The Labute approximate surface area is 118 Å². The van der Waals surface area contributed by atoms with Crippen molar-refractivity contribution in [3.8, 4) is 5.75 Å². The molecule has 20 heavy (non-hydrogen) atoms. The van der Waals surface area contributed by atoms with Crippen molar-refractivity contribution in [2.75, 3.05) is 18.6 Å². The van der Waals surface area contributed by atoms with Gasteiger partial charge in [-0.15, -0.1) is 0 Å². The third-order valence-electron chi connectivity index (χ3n) is 3.15. The molecule has 0 aromatic heterocycles. The highest BCUT2D eigenvalue weighted by molar-refractivity contribution is 7.90. The molecule has 0 saturated heterocycles. The highest BCUT2D eigenvalue weighted by Crippen LogP contribution is 2.31. The monoisotopic (exact) mass is 298 g/mol. The Morgan fingerprint density at radius 2 is 2.20 bits per heavy atom. The average Bonchev–Trinajstić information content (AvgIpc) is 2.78. The van der Waals surface area contributed by atoms with Gasteiger partial charge in [0.05, 0.1) is 17.8 Å². The molecule has 1 aromatic carbocycles. The Kier molecular flexibility index (Phi) is 4.29. The Morgan fingerprint density at radius 3 is 2.90 bits per heavy atom. The van der Waals surface area contributed by atoms with Crippen molar-refractivity contribution in [1.82, 2.24) is 5.32 Å². The maximum absolute atomic E-state index is 11.9. The average molecular weight is 298 g/mol. The Bertz CT molecular complexity index is 600. The van der Waals surface area contributed by atoms with E-state index in [0.717, 1.165) is 17.6 Å². The zero-order valence-electron chi connectivity index (χ0n) is 11.2. The number of ether oxygens (including phenoxy) is 1. The summed E-state index contributed by atoms with van der Waals surface area (Å²) >= 11 is 0. The molecule has 0 fully saturated rings. The van der Waals surface area contributed by atoms with Gasteiger partial charge < -0.3 is 15.8 Å². The van der Waals surface area contributed by atoms with Gasteiger partial charge in [-0.25, -0.2) is 8.42 Å². The van der Waals surface area contributed by atoms with Crippen LogP contribution in [0.25, 0.3) is 0 Å². The first-order chi connectivity index (χ1) is 9.37. The van der Waals surface area contributed by atoms with E-state index in [4.69, 9.17) is 10.5 Å². The summed E-state index contributed by atoms with van der Waals surface area (Å²) in [6, 6.07) is 6.39. The largest absolute Gasteiger partial charge is 0.491 e. The summed E-state index contributed by atoms with van der Waals surface area (Å²) in [6.07, 6.45) is 1.23. The quantitative estimate of drug-likeness (QED) is 0.797. The number of nitrogens with two attached hydrogens (primary N) is 1. The van der Waals surface area contributed by atoms with Gasteiger partial charge in [0, 0.05) is 11.8 Å². The van der Waals surface area contributed by atoms with E-state index in [9.17, 15) is 13.2 Å². The van der Waals surface area contributed by atoms with E-state index in [2.05, 4.69) is 5.32 Å². The van der Waals surface area contributed by atoms with E-state index < -0.39 is 15.9 Å². The fraction of sp³-hybridized carbons (Fsp3) is 0.462. The molecule has 2 rings (SSSR count). The Morgan fingerprint density at radius 1 is 1.50 bits per heavy atom. The molecule has 6 nitrogen and oxygen atoms in total. The molecule has 3 N–H and O–H groups in total. The number of amides is 1. The zero-order valence-corrected chi connectivity index (χ0v) is 12.0. The minimum Gasteiger partial charge on any atom is -0.491 e. The van der Waals surface area contributed by atoms with Crippen molar-refractivity contribution in [1.29, 1.82) is 0 Å². The molecule has 2 unspecified atom stereocenters.